The Bertz CT molecular complexity index is 248. The summed E-state index contributed by atoms with van der Waals surface area (Å²) in [6, 6.07) is 0.698. The Morgan fingerprint density at radius 1 is 1.42 bits per heavy atom. The molecule has 4 heteroatoms. The van der Waals surface area contributed by atoms with Crippen molar-refractivity contribution >= 4 is 0 Å². The number of aliphatic hydroxyl groups is 1. The number of hydrogen-bond donors (Lipinski definition) is 2. The summed E-state index contributed by atoms with van der Waals surface area (Å²) in [5, 5.41) is 13.1. The van der Waals surface area contributed by atoms with Gasteiger partial charge in [0.1, 0.15) is 0 Å². The smallest absolute Gasteiger partial charge is 0.0611 e. The molecule has 1 aliphatic rings. The third-order valence-electron chi connectivity index (χ3n) is 4.18. The van der Waals surface area contributed by atoms with E-state index in [1.807, 2.05) is 0 Å². The van der Waals surface area contributed by atoms with Crippen molar-refractivity contribution in [3.8, 4) is 0 Å². The lowest BCUT2D eigenvalue weighted by molar-refractivity contribution is 0.135. The molecule has 19 heavy (non-hydrogen) atoms. The minimum atomic E-state index is -0.124. The molecular weight excluding hydrogens is 238 g/mol. The van der Waals surface area contributed by atoms with Crippen molar-refractivity contribution in [2.75, 3.05) is 46.9 Å². The standard InChI is InChI=1S/C15H33N3O/c1-5-9-16-15(2,13-19)8-11-18-10-6-7-14(18)12-17(3)4/h14,16,19H,5-13H2,1-4H3. The summed E-state index contributed by atoms with van der Waals surface area (Å²) in [5.74, 6) is 0. The van der Waals surface area contributed by atoms with Crippen LogP contribution in [0.3, 0.4) is 0 Å². The summed E-state index contributed by atoms with van der Waals surface area (Å²) in [6.45, 7) is 8.97. The molecule has 2 N–H and O–H groups in total. The average molecular weight is 271 g/mol. The van der Waals surface area contributed by atoms with Gasteiger partial charge in [0.25, 0.3) is 0 Å². The third-order valence-corrected chi connectivity index (χ3v) is 4.18. The second-order valence-electron chi connectivity index (χ2n) is 6.49. The average Bonchev–Trinajstić information content (AvgIpc) is 2.80. The van der Waals surface area contributed by atoms with Crippen LogP contribution in [0.2, 0.25) is 0 Å². The van der Waals surface area contributed by atoms with E-state index in [2.05, 4.69) is 43.1 Å². The first-order valence-electron chi connectivity index (χ1n) is 7.75. The molecule has 0 spiro atoms. The van der Waals surface area contributed by atoms with Crippen molar-refractivity contribution in [1.29, 1.82) is 0 Å². The largest absolute Gasteiger partial charge is 0.394 e. The second-order valence-corrected chi connectivity index (χ2v) is 6.49. The topological polar surface area (TPSA) is 38.7 Å². The number of likely N-dealkylation sites (N-methyl/N-ethyl adjacent to an activating group) is 1. The molecule has 0 aromatic heterocycles. The van der Waals surface area contributed by atoms with Crippen molar-refractivity contribution in [2.24, 2.45) is 0 Å². The number of nitrogens with one attached hydrogen (secondary N) is 1. The van der Waals surface area contributed by atoms with Gasteiger partial charge < -0.3 is 15.3 Å². The van der Waals surface area contributed by atoms with Crippen molar-refractivity contribution in [3.63, 3.8) is 0 Å². The van der Waals surface area contributed by atoms with E-state index in [-0.39, 0.29) is 12.1 Å². The molecule has 2 unspecified atom stereocenters. The van der Waals surface area contributed by atoms with Gasteiger partial charge in [-0.15, -0.1) is 0 Å². The number of rotatable bonds is 9. The van der Waals surface area contributed by atoms with Gasteiger partial charge in [-0.2, -0.15) is 0 Å². The first-order chi connectivity index (χ1) is 9.00. The maximum Gasteiger partial charge on any atom is 0.0611 e. The summed E-state index contributed by atoms with van der Waals surface area (Å²) in [5.41, 5.74) is -0.124. The zero-order valence-electron chi connectivity index (χ0n) is 13.3. The Morgan fingerprint density at radius 2 is 2.16 bits per heavy atom. The van der Waals surface area contributed by atoms with Gasteiger partial charge in [0.2, 0.25) is 0 Å². The fourth-order valence-electron chi connectivity index (χ4n) is 2.86. The van der Waals surface area contributed by atoms with Gasteiger partial charge in [0, 0.05) is 24.7 Å². The van der Waals surface area contributed by atoms with Crippen LogP contribution in [0.15, 0.2) is 0 Å². The van der Waals surface area contributed by atoms with Gasteiger partial charge in [-0.05, 0) is 59.8 Å². The van der Waals surface area contributed by atoms with Crippen molar-refractivity contribution < 1.29 is 5.11 Å². The molecule has 4 nitrogen and oxygen atoms in total. The fourth-order valence-corrected chi connectivity index (χ4v) is 2.86. The molecule has 0 aromatic rings. The van der Waals surface area contributed by atoms with E-state index in [4.69, 9.17) is 0 Å². The highest BCUT2D eigenvalue weighted by Gasteiger charge is 2.28. The first-order valence-corrected chi connectivity index (χ1v) is 7.75. The molecule has 0 aromatic carbocycles. The summed E-state index contributed by atoms with van der Waals surface area (Å²) in [4.78, 5) is 4.88. The highest BCUT2D eigenvalue weighted by molar-refractivity contribution is 4.87. The minimum Gasteiger partial charge on any atom is -0.394 e. The molecule has 0 bridgehead atoms. The second kappa shape index (κ2) is 8.20. The Morgan fingerprint density at radius 3 is 2.74 bits per heavy atom. The van der Waals surface area contributed by atoms with E-state index >= 15 is 0 Å². The van der Waals surface area contributed by atoms with E-state index in [0.717, 1.165) is 32.5 Å². The summed E-state index contributed by atoms with van der Waals surface area (Å²) in [7, 11) is 4.30. The van der Waals surface area contributed by atoms with Crippen LogP contribution >= 0.6 is 0 Å². The minimum absolute atomic E-state index is 0.124. The van der Waals surface area contributed by atoms with Crippen molar-refractivity contribution in [2.45, 2.75) is 51.1 Å². The number of hydrogen-bond acceptors (Lipinski definition) is 4. The molecule has 0 radical (unpaired) electrons. The zero-order chi connectivity index (χ0) is 14.3. The summed E-state index contributed by atoms with van der Waals surface area (Å²) in [6.07, 6.45) is 4.77. The molecule has 2 atom stereocenters. The van der Waals surface area contributed by atoms with Crippen LogP contribution in [0.25, 0.3) is 0 Å². The Balaban J connectivity index is 2.40. The van der Waals surface area contributed by atoms with Gasteiger partial charge in [-0.3, -0.25) is 4.90 Å². The lowest BCUT2D eigenvalue weighted by atomic mass is 9.98. The van der Waals surface area contributed by atoms with Crippen LogP contribution in [0.5, 0.6) is 0 Å². The maximum atomic E-state index is 9.61. The molecule has 1 aliphatic heterocycles. The fraction of sp³-hybridized carbons (Fsp3) is 1.00. The lowest BCUT2D eigenvalue weighted by Gasteiger charge is -2.33. The molecule has 0 amide bonds. The zero-order valence-corrected chi connectivity index (χ0v) is 13.3. The van der Waals surface area contributed by atoms with Crippen LogP contribution < -0.4 is 5.32 Å². The Kier molecular flexibility index (Phi) is 7.29. The molecule has 1 fully saturated rings. The monoisotopic (exact) mass is 271 g/mol. The van der Waals surface area contributed by atoms with Crippen LogP contribution in [-0.4, -0.2) is 73.4 Å². The molecule has 1 rings (SSSR count). The lowest BCUT2D eigenvalue weighted by Crippen LogP contribution is -2.49. The van der Waals surface area contributed by atoms with E-state index in [1.54, 1.807) is 0 Å². The normalized spacial score (nSPS) is 24.0. The van der Waals surface area contributed by atoms with E-state index in [9.17, 15) is 5.11 Å². The molecule has 1 saturated heterocycles. The van der Waals surface area contributed by atoms with Gasteiger partial charge in [-0.25, -0.2) is 0 Å². The van der Waals surface area contributed by atoms with Gasteiger partial charge in [-0.1, -0.05) is 6.92 Å². The number of aliphatic hydroxyl groups excluding tert-OH is 1. The highest BCUT2D eigenvalue weighted by Crippen LogP contribution is 2.20. The SMILES string of the molecule is CCCNC(C)(CO)CCN1CCCC1CN(C)C. The highest BCUT2D eigenvalue weighted by atomic mass is 16.3. The van der Waals surface area contributed by atoms with E-state index < -0.39 is 0 Å². The van der Waals surface area contributed by atoms with Gasteiger partial charge in [0.05, 0.1) is 6.61 Å². The van der Waals surface area contributed by atoms with Crippen molar-refractivity contribution in [3.05, 3.63) is 0 Å². The quantitative estimate of drug-likeness (QED) is 0.660. The van der Waals surface area contributed by atoms with E-state index in [0.29, 0.717) is 6.04 Å². The molecule has 1 heterocycles. The third kappa shape index (κ3) is 5.78. The van der Waals surface area contributed by atoms with Crippen LogP contribution in [0.1, 0.15) is 39.5 Å². The molecule has 0 aliphatic carbocycles. The van der Waals surface area contributed by atoms with Gasteiger partial charge in [0.15, 0.2) is 0 Å². The predicted molar refractivity (Wildman–Crippen MR) is 81.6 cm³/mol. The predicted octanol–water partition coefficient (Wildman–Crippen LogP) is 1.15. The molecule has 0 saturated carbocycles. The van der Waals surface area contributed by atoms with Gasteiger partial charge >= 0.3 is 0 Å². The molecule has 114 valence electrons. The first kappa shape index (κ1) is 16.9. The van der Waals surface area contributed by atoms with Crippen LogP contribution in [0.4, 0.5) is 0 Å². The van der Waals surface area contributed by atoms with Crippen LogP contribution in [0, 0.1) is 0 Å². The number of likely N-dealkylation sites (tertiary alicyclic amines) is 1. The van der Waals surface area contributed by atoms with Crippen LogP contribution in [-0.2, 0) is 0 Å². The number of nitrogens with zero attached hydrogens (tertiary/aromatic N) is 2. The van der Waals surface area contributed by atoms with E-state index in [1.165, 1.54) is 19.4 Å². The maximum absolute atomic E-state index is 9.61. The Labute approximate surface area is 119 Å². The summed E-state index contributed by atoms with van der Waals surface area (Å²) < 4.78 is 0. The Hall–Kier alpha value is -0.160. The molecular formula is C15H33N3O. The summed E-state index contributed by atoms with van der Waals surface area (Å²) >= 11 is 0. The van der Waals surface area contributed by atoms with Crippen molar-refractivity contribution in [1.82, 2.24) is 15.1 Å².